The van der Waals surface area contributed by atoms with Crippen molar-refractivity contribution in [3.63, 3.8) is 0 Å². The van der Waals surface area contributed by atoms with Crippen LogP contribution in [-0.2, 0) is 28.6 Å². The van der Waals surface area contributed by atoms with E-state index >= 15 is 0 Å². The van der Waals surface area contributed by atoms with Crippen LogP contribution < -0.4 is 0 Å². The highest BCUT2D eigenvalue weighted by Gasteiger charge is 2.19. The predicted octanol–water partition coefficient (Wildman–Crippen LogP) is 18.2. The maximum atomic E-state index is 12.8. The molecule has 0 aromatic heterocycles. The summed E-state index contributed by atoms with van der Waals surface area (Å²) in [7, 11) is 0. The zero-order valence-corrected chi connectivity index (χ0v) is 41.9. The fourth-order valence-electron chi connectivity index (χ4n) is 8.32. The van der Waals surface area contributed by atoms with Crippen molar-refractivity contribution in [1.29, 1.82) is 0 Å². The quantitative estimate of drug-likeness (QED) is 0.0262. The zero-order valence-electron chi connectivity index (χ0n) is 41.9. The van der Waals surface area contributed by atoms with Gasteiger partial charge in [0.05, 0.1) is 0 Å². The van der Waals surface area contributed by atoms with Gasteiger partial charge in [0.2, 0.25) is 0 Å². The lowest BCUT2D eigenvalue weighted by Crippen LogP contribution is -2.30. The Bertz CT molecular complexity index is 962. The first-order valence-corrected chi connectivity index (χ1v) is 27.7. The Morgan fingerprint density at radius 3 is 0.839 bits per heavy atom. The van der Waals surface area contributed by atoms with E-state index in [1.165, 1.54) is 205 Å². The normalized spacial score (nSPS) is 12.0. The second-order valence-corrected chi connectivity index (χ2v) is 18.9. The molecule has 0 aliphatic carbocycles. The van der Waals surface area contributed by atoms with Gasteiger partial charge in [-0.15, -0.1) is 0 Å². The van der Waals surface area contributed by atoms with Gasteiger partial charge in [0, 0.05) is 19.3 Å². The highest BCUT2D eigenvalue weighted by Crippen LogP contribution is 2.17. The minimum Gasteiger partial charge on any atom is -0.462 e. The molecule has 0 saturated carbocycles. The second-order valence-electron chi connectivity index (χ2n) is 18.9. The number of esters is 3. The molecule has 0 amide bonds. The minimum atomic E-state index is -0.766. The van der Waals surface area contributed by atoms with Gasteiger partial charge in [-0.05, 0) is 44.9 Å². The van der Waals surface area contributed by atoms with Crippen LogP contribution >= 0.6 is 0 Å². The van der Waals surface area contributed by atoms with Crippen LogP contribution in [0, 0.1) is 0 Å². The second kappa shape index (κ2) is 51.8. The molecule has 0 aromatic rings. The van der Waals surface area contributed by atoms with Crippen LogP contribution in [0.3, 0.4) is 0 Å². The van der Waals surface area contributed by atoms with E-state index in [1.54, 1.807) is 0 Å². The van der Waals surface area contributed by atoms with E-state index in [1.807, 2.05) is 0 Å². The van der Waals surface area contributed by atoms with E-state index in [0.717, 1.165) is 64.2 Å². The van der Waals surface area contributed by atoms with Crippen molar-refractivity contribution < 1.29 is 28.6 Å². The third-order valence-electron chi connectivity index (χ3n) is 12.5. The fourth-order valence-corrected chi connectivity index (χ4v) is 8.32. The highest BCUT2D eigenvalue weighted by molar-refractivity contribution is 5.71. The Hall–Kier alpha value is -1.85. The molecule has 0 aromatic carbocycles. The van der Waals surface area contributed by atoms with Crippen molar-refractivity contribution in [3.05, 3.63) is 12.2 Å². The molecule has 366 valence electrons. The number of rotatable bonds is 51. The van der Waals surface area contributed by atoms with Crippen LogP contribution in [0.4, 0.5) is 0 Å². The van der Waals surface area contributed by atoms with Crippen molar-refractivity contribution in [2.75, 3.05) is 13.2 Å². The van der Waals surface area contributed by atoms with E-state index in [0.29, 0.717) is 19.3 Å². The molecule has 0 spiro atoms. The minimum absolute atomic E-state index is 0.0667. The summed E-state index contributed by atoms with van der Waals surface area (Å²) in [5, 5.41) is 0. The highest BCUT2D eigenvalue weighted by atomic mass is 16.6. The standard InChI is InChI=1S/C56H106O6/c1-4-7-10-13-16-19-22-25-27-29-31-34-37-40-43-46-49-55(58)61-52-53(51-60-54(57)48-45-42-39-36-33-24-21-18-15-12-9-6-3)62-56(59)50-47-44-41-38-35-32-30-28-26-23-20-17-14-11-8-5-2/h18,21,53H,4-17,19-20,22-52H2,1-3H3/b21-18-. The van der Waals surface area contributed by atoms with Gasteiger partial charge < -0.3 is 14.2 Å². The summed E-state index contributed by atoms with van der Waals surface area (Å²) in [4.78, 5) is 38.0. The molecular weight excluding hydrogens is 769 g/mol. The maximum absolute atomic E-state index is 12.8. The van der Waals surface area contributed by atoms with Gasteiger partial charge in [0.25, 0.3) is 0 Å². The van der Waals surface area contributed by atoms with Crippen molar-refractivity contribution in [2.45, 2.75) is 316 Å². The molecule has 0 aliphatic rings. The van der Waals surface area contributed by atoms with Crippen LogP contribution in [0.25, 0.3) is 0 Å². The number of carbonyl (C=O) groups is 3. The summed E-state index contributed by atoms with van der Waals surface area (Å²) in [6, 6.07) is 0. The first-order chi connectivity index (χ1) is 30.5. The van der Waals surface area contributed by atoms with Gasteiger partial charge in [-0.2, -0.15) is 0 Å². The van der Waals surface area contributed by atoms with Gasteiger partial charge in [0.15, 0.2) is 6.10 Å². The Balaban J connectivity index is 4.30. The number of hydrogen-bond donors (Lipinski definition) is 0. The molecule has 0 N–H and O–H groups in total. The summed E-state index contributed by atoms with van der Waals surface area (Å²) >= 11 is 0. The maximum Gasteiger partial charge on any atom is 0.306 e. The molecule has 0 bridgehead atoms. The first kappa shape index (κ1) is 60.2. The SMILES string of the molecule is CCCCC/C=C\CCCCCCCC(=O)OCC(COC(=O)CCCCCCCCCCCCCCCCCC)OC(=O)CCCCCCCCCCCCCCCCCC. The van der Waals surface area contributed by atoms with Crippen molar-refractivity contribution in [3.8, 4) is 0 Å². The summed E-state index contributed by atoms with van der Waals surface area (Å²) in [6.45, 7) is 6.66. The Kier molecular flexibility index (Phi) is 50.2. The summed E-state index contributed by atoms with van der Waals surface area (Å²) in [5.41, 5.74) is 0. The molecule has 0 saturated heterocycles. The molecular formula is C56H106O6. The molecule has 6 heteroatoms. The lowest BCUT2D eigenvalue weighted by molar-refractivity contribution is -0.167. The first-order valence-electron chi connectivity index (χ1n) is 27.7. The summed E-state index contributed by atoms with van der Waals surface area (Å²) in [6.07, 6.45) is 57.7. The summed E-state index contributed by atoms with van der Waals surface area (Å²) < 4.78 is 16.8. The van der Waals surface area contributed by atoms with Gasteiger partial charge in [-0.1, -0.05) is 258 Å². The number of allylic oxidation sites excluding steroid dienone is 2. The van der Waals surface area contributed by atoms with Crippen LogP contribution in [0.2, 0.25) is 0 Å². The van der Waals surface area contributed by atoms with E-state index in [4.69, 9.17) is 14.2 Å². The van der Waals surface area contributed by atoms with E-state index in [9.17, 15) is 14.4 Å². The fraction of sp³-hybridized carbons (Fsp3) is 0.911. The molecule has 1 atom stereocenters. The molecule has 0 heterocycles. The zero-order chi connectivity index (χ0) is 45.1. The molecule has 0 fully saturated rings. The van der Waals surface area contributed by atoms with Crippen molar-refractivity contribution >= 4 is 17.9 Å². The molecule has 6 nitrogen and oxygen atoms in total. The average molecular weight is 875 g/mol. The van der Waals surface area contributed by atoms with Crippen LogP contribution in [-0.4, -0.2) is 37.2 Å². The number of carbonyl (C=O) groups excluding carboxylic acids is 3. The van der Waals surface area contributed by atoms with Gasteiger partial charge >= 0.3 is 17.9 Å². The molecule has 62 heavy (non-hydrogen) atoms. The lowest BCUT2D eigenvalue weighted by Gasteiger charge is -2.18. The molecule has 0 aliphatic heterocycles. The smallest absolute Gasteiger partial charge is 0.306 e. The predicted molar refractivity (Wildman–Crippen MR) is 266 cm³/mol. The van der Waals surface area contributed by atoms with Crippen LogP contribution in [0.15, 0.2) is 12.2 Å². The number of hydrogen-bond acceptors (Lipinski definition) is 6. The van der Waals surface area contributed by atoms with Gasteiger partial charge in [-0.3, -0.25) is 14.4 Å². The van der Waals surface area contributed by atoms with Crippen molar-refractivity contribution in [2.24, 2.45) is 0 Å². The number of ether oxygens (including phenoxy) is 3. The molecule has 1 unspecified atom stereocenters. The van der Waals surface area contributed by atoms with E-state index < -0.39 is 6.10 Å². The van der Waals surface area contributed by atoms with Crippen molar-refractivity contribution in [1.82, 2.24) is 0 Å². The average Bonchev–Trinajstić information content (AvgIpc) is 3.27. The van der Waals surface area contributed by atoms with Crippen LogP contribution in [0.5, 0.6) is 0 Å². The van der Waals surface area contributed by atoms with Gasteiger partial charge in [0.1, 0.15) is 13.2 Å². The number of unbranched alkanes of at least 4 members (excludes halogenated alkanes) is 38. The molecule has 0 rings (SSSR count). The Morgan fingerprint density at radius 1 is 0.306 bits per heavy atom. The van der Waals surface area contributed by atoms with E-state index in [2.05, 4.69) is 32.9 Å². The molecule has 0 radical (unpaired) electrons. The lowest BCUT2D eigenvalue weighted by atomic mass is 10.0. The van der Waals surface area contributed by atoms with Crippen LogP contribution in [0.1, 0.15) is 310 Å². The largest absolute Gasteiger partial charge is 0.462 e. The Morgan fingerprint density at radius 2 is 0.532 bits per heavy atom. The van der Waals surface area contributed by atoms with Gasteiger partial charge in [-0.25, -0.2) is 0 Å². The third kappa shape index (κ3) is 49.2. The third-order valence-corrected chi connectivity index (χ3v) is 12.5. The summed E-state index contributed by atoms with van der Waals surface area (Å²) in [5.74, 6) is -0.855. The van der Waals surface area contributed by atoms with E-state index in [-0.39, 0.29) is 31.1 Å². The topological polar surface area (TPSA) is 78.9 Å². The Labute approximate surface area is 386 Å². The monoisotopic (exact) mass is 875 g/mol.